The number of hydrogen-bond donors (Lipinski definition) is 11. The van der Waals surface area contributed by atoms with Crippen molar-refractivity contribution in [2.75, 3.05) is 39.3 Å². The summed E-state index contributed by atoms with van der Waals surface area (Å²) >= 11 is 0. The lowest BCUT2D eigenvalue weighted by Crippen LogP contribution is -2.55. The molecule has 0 aromatic heterocycles. The first-order valence-electron chi connectivity index (χ1n) is 15.6. The Bertz CT molecular complexity index is 993. The number of alkyl carbamates (subject to hydrolysis) is 2. The van der Waals surface area contributed by atoms with Gasteiger partial charge in [0.25, 0.3) is 11.8 Å². The molecule has 0 rings (SSSR count). The van der Waals surface area contributed by atoms with Crippen molar-refractivity contribution in [2.45, 2.75) is 109 Å². The van der Waals surface area contributed by atoms with Crippen LogP contribution < -0.4 is 32.3 Å². The molecule has 0 aromatic rings. The van der Waals surface area contributed by atoms with Crippen LogP contribution in [0.1, 0.15) is 67.2 Å². The lowest BCUT2D eigenvalue weighted by molar-refractivity contribution is -0.155. The normalized spacial score (nSPS) is 15.6. The summed E-state index contributed by atoms with van der Waals surface area (Å²) in [6.45, 7) is 10.4. The van der Waals surface area contributed by atoms with Gasteiger partial charge in [0, 0.05) is 39.3 Å². The Morgan fingerprint density at radius 3 is 1.49 bits per heavy atom. The van der Waals surface area contributed by atoms with Gasteiger partial charge in [0.1, 0.15) is 29.5 Å². The third kappa shape index (κ3) is 19.9. The molecule has 0 saturated carbocycles. The first-order chi connectivity index (χ1) is 21.7. The van der Waals surface area contributed by atoms with E-state index in [9.17, 15) is 49.5 Å². The molecular weight excluding hydrogens is 624 g/mol. The maximum Gasteiger partial charge on any atom is 0.407 e. The van der Waals surface area contributed by atoms with E-state index in [0.717, 1.165) is 0 Å². The number of nitrogens with two attached hydrogens (primary N) is 1. The molecule has 0 bridgehead atoms. The minimum Gasteiger partial charge on any atom is -0.444 e. The second kappa shape index (κ2) is 21.6. The van der Waals surface area contributed by atoms with Gasteiger partial charge in [-0.25, -0.2) is 9.59 Å². The second-order valence-corrected chi connectivity index (χ2v) is 12.8. The van der Waals surface area contributed by atoms with Crippen molar-refractivity contribution in [1.82, 2.24) is 26.6 Å². The van der Waals surface area contributed by atoms with Gasteiger partial charge in [0.05, 0.1) is 0 Å². The van der Waals surface area contributed by atoms with E-state index in [4.69, 9.17) is 15.2 Å². The van der Waals surface area contributed by atoms with E-state index < -0.39 is 71.6 Å². The summed E-state index contributed by atoms with van der Waals surface area (Å²) in [4.78, 5) is 59.8. The van der Waals surface area contributed by atoms with Crippen LogP contribution >= 0.6 is 0 Å². The number of nitrogens with one attached hydrogen (secondary N) is 5. The average molecular weight is 681 g/mol. The molecule has 0 aliphatic carbocycles. The molecule has 12 N–H and O–H groups in total. The molecule has 0 spiro atoms. The number of ether oxygens (including phenoxy) is 2. The van der Waals surface area contributed by atoms with Crippen molar-refractivity contribution in [1.29, 1.82) is 0 Å². The van der Waals surface area contributed by atoms with Crippen LogP contribution in [0.15, 0.2) is 0 Å². The fourth-order valence-corrected chi connectivity index (χ4v) is 3.87. The highest BCUT2D eigenvalue weighted by Crippen LogP contribution is 2.23. The molecule has 6 atom stereocenters. The Labute approximate surface area is 275 Å². The molecule has 0 aromatic carbocycles. The lowest BCUT2D eigenvalue weighted by atomic mass is 9.92. The van der Waals surface area contributed by atoms with Gasteiger partial charge < -0.3 is 67.3 Å². The van der Waals surface area contributed by atoms with Crippen molar-refractivity contribution < 1.29 is 59.0 Å². The molecule has 0 aliphatic rings. The fourth-order valence-electron chi connectivity index (χ4n) is 3.87. The molecular formula is C29H56N6O12. The highest BCUT2D eigenvalue weighted by atomic mass is 16.6. The predicted molar refractivity (Wildman–Crippen MR) is 169 cm³/mol. The van der Waals surface area contributed by atoms with Crippen LogP contribution in [0.2, 0.25) is 0 Å². The quantitative estimate of drug-likeness (QED) is 0.0552. The van der Waals surface area contributed by atoms with Crippen molar-refractivity contribution in [3.63, 3.8) is 0 Å². The highest BCUT2D eigenvalue weighted by Gasteiger charge is 2.37. The summed E-state index contributed by atoms with van der Waals surface area (Å²) in [5, 5.41) is 62.0. The Morgan fingerprint density at radius 1 is 0.617 bits per heavy atom. The summed E-state index contributed by atoms with van der Waals surface area (Å²) in [6.07, 6.45) is -9.53. The van der Waals surface area contributed by atoms with Gasteiger partial charge in [0.2, 0.25) is 5.91 Å². The van der Waals surface area contributed by atoms with Gasteiger partial charge in [-0.1, -0.05) is 6.92 Å². The van der Waals surface area contributed by atoms with Crippen LogP contribution in [0.5, 0.6) is 0 Å². The maximum absolute atomic E-state index is 12.2. The largest absolute Gasteiger partial charge is 0.444 e. The Hall–Kier alpha value is -3.29. The number of hydrogen-bond acceptors (Lipinski definition) is 13. The predicted octanol–water partition coefficient (Wildman–Crippen LogP) is -2.68. The minimum absolute atomic E-state index is 0.0695. The summed E-state index contributed by atoms with van der Waals surface area (Å²) < 4.78 is 10.5. The zero-order valence-corrected chi connectivity index (χ0v) is 28.2. The SMILES string of the molecule is CC(CCC(O)C(=O)NCCN)CCC(C)(C)OC(=O)NCCNC(=O)C(O)C(O)C(O)C(O)C(=O)NCCNC(=O)OC(C)(C)C. The maximum atomic E-state index is 12.2. The Kier molecular flexibility index (Phi) is 20.0. The van der Waals surface area contributed by atoms with Crippen molar-refractivity contribution in [3.05, 3.63) is 0 Å². The topological polar surface area (TPSA) is 291 Å². The van der Waals surface area contributed by atoms with E-state index in [-0.39, 0.29) is 51.6 Å². The first kappa shape index (κ1) is 43.7. The molecule has 6 unspecified atom stereocenters. The summed E-state index contributed by atoms with van der Waals surface area (Å²) in [6, 6.07) is 0. The number of carbonyl (C=O) groups is 5. The molecule has 0 aliphatic heterocycles. The Morgan fingerprint density at radius 2 is 1.04 bits per heavy atom. The summed E-state index contributed by atoms with van der Waals surface area (Å²) in [5.41, 5.74) is 3.75. The average Bonchev–Trinajstić information content (AvgIpc) is 2.98. The Balaban J connectivity index is 4.41. The molecule has 5 amide bonds. The first-order valence-corrected chi connectivity index (χ1v) is 15.6. The molecule has 274 valence electrons. The fraction of sp³-hybridized carbons (Fsp3) is 0.828. The van der Waals surface area contributed by atoms with E-state index in [0.29, 0.717) is 19.3 Å². The minimum atomic E-state index is -2.24. The molecule has 0 heterocycles. The molecule has 47 heavy (non-hydrogen) atoms. The summed E-state index contributed by atoms with van der Waals surface area (Å²) in [7, 11) is 0. The molecule has 0 saturated heterocycles. The van der Waals surface area contributed by atoms with Crippen molar-refractivity contribution in [3.8, 4) is 0 Å². The van der Waals surface area contributed by atoms with E-state index in [1.54, 1.807) is 34.6 Å². The third-order valence-electron chi connectivity index (χ3n) is 6.61. The van der Waals surface area contributed by atoms with Gasteiger partial charge in [-0.05, 0) is 66.2 Å². The van der Waals surface area contributed by atoms with Crippen LogP contribution in [0.25, 0.3) is 0 Å². The van der Waals surface area contributed by atoms with E-state index in [1.807, 2.05) is 6.92 Å². The van der Waals surface area contributed by atoms with E-state index in [2.05, 4.69) is 26.6 Å². The molecule has 0 fully saturated rings. The van der Waals surface area contributed by atoms with Crippen molar-refractivity contribution in [2.24, 2.45) is 11.7 Å². The van der Waals surface area contributed by atoms with Gasteiger partial charge in [0.15, 0.2) is 12.2 Å². The zero-order valence-electron chi connectivity index (χ0n) is 28.2. The highest BCUT2D eigenvalue weighted by molar-refractivity contribution is 5.83. The van der Waals surface area contributed by atoms with Crippen molar-refractivity contribution >= 4 is 29.9 Å². The van der Waals surface area contributed by atoms with Gasteiger partial charge >= 0.3 is 12.2 Å². The van der Waals surface area contributed by atoms with Gasteiger partial charge in [-0.2, -0.15) is 0 Å². The third-order valence-corrected chi connectivity index (χ3v) is 6.61. The van der Waals surface area contributed by atoms with Gasteiger partial charge in [-0.15, -0.1) is 0 Å². The standard InChI is InChI=1S/C29H56N6O12/c1-17(7-8-18(36)23(41)31-12-11-30)9-10-29(5,6)47-27(45)35-16-14-33-25(43)22(40)20(38)19(37)21(39)24(42)32-13-15-34-26(44)46-28(2,3)4/h17-22,36-40H,7-16,30H2,1-6H3,(H,31,41)(H,32,42)(H,33,43)(H,34,44)(H,35,45). The second-order valence-electron chi connectivity index (χ2n) is 12.8. The zero-order chi connectivity index (χ0) is 36.4. The summed E-state index contributed by atoms with van der Waals surface area (Å²) in [5.74, 6) is -2.60. The van der Waals surface area contributed by atoms with E-state index >= 15 is 0 Å². The lowest BCUT2D eigenvalue weighted by Gasteiger charge is -2.27. The smallest absolute Gasteiger partial charge is 0.407 e. The molecule has 0 radical (unpaired) electrons. The monoisotopic (exact) mass is 680 g/mol. The van der Waals surface area contributed by atoms with Crippen LogP contribution in [0, 0.1) is 5.92 Å². The molecule has 18 nitrogen and oxygen atoms in total. The van der Waals surface area contributed by atoms with Crippen LogP contribution in [0.4, 0.5) is 9.59 Å². The number of rotatable bonds is 21. The van der Waals surface area contributed by atoms with E-state index in [1.165, 1.54) is 0 Å². The number of amides is 5. The van der Waals surface area contributed by atoms with Crippen LogP contribution in [-0.2, 0) is 23.9 Å². The van der Waals surface area contributed by atoms with Gasteiger partial charge in [-0.3, -0.25) is 14.4 Å². The number of aliphatic hydroxyl groups excluding tert-OH is 5. The molecule has 18 heteroatoms. The van der Waals surface area contributed by atoms with Crippen LogP contribution in [-0.4, -0.2) is 136 Å². The van der Waals surface area contributed by atoms with Crippen LogP contribution in [0.3, 0.4) is 0 Å². The number of carbonyl (C=O) groups excluding carboxylic acids is 5. The number of aliphatic hydroxyl groups is 5.